The number of urea groups is 1. The zero-order valence-electron chi connectivity index (χ0n) is 12.2. The van der Waals surface area contributed by atoms with E-state index in [1.165, 1.54) is 23.5 Å². The van der Waals surface area contributed by atoms with Crippen LogP contribution in [0, 0.1) is 6.92 Å². The van der Waals surface area contributed by atoms with Gasteiger partial charge in [-0.1, -0.05) is 12.1 Å². The van der Waals surface area contributed by atoms with E-state index in [1.807, 2.05) is 12.3 Å². The number of benzene rings is 1. The van der Waals surface area contributed by atoms with Gasteiger partial charge in [0.05, 0.1) is 5.56 Å². The molecule has 0 bridgehead atoms. The van der Waals surface area contributed by atoms with Crippen molar-refractivity contribution < 1.29 is 18.0 Å². The van der Waals surface area contributed by atoms with E-state index >= 15 is 0 Å². The van der Waals surface area contributed by atoms with Gasteiger partial charge in [-0.3, -0.25) is 0 Å². The average Bonchev–Trinajstić information content (AvgIpc) is 3.06. The lowest BCUT2D eigenvalue weighted by molar-refractivity contribution is -0.137. The fourth-order valence-corrected chi connectivity index (χ4v) is 3.37. The van der Waals surface area contributed by atoms with Crippen LogP contribution in [0.5, 0.6) is 0 Å². The smallest absolute Gasteiger partial charge is 0.335 e. The zero-order valence-corrected chi connectivity index (χ0v) is 13.0. The Hall–Kier alpha value is -2.09. The Morgan fingerprint density at radius 1 is 1.35 bits per heavy atom. The Bertz CT molecular complexity index is 712. The molecule has 4 nitrogen and oxygen atoms in total. The van der Waals surface area contributed by atoms with Crippen molar-refractivity contribution in [2.75, 3.05) is 6.54 Å². The van der Waals surface area contributed by atoms with E-state index in [-0.39, 0.29) is 18.6 Å². The van der Waals surface area contributed by atoms with Crippen molar-refractivity contribution in [3.8, 4) is 0 Å². The zero-order chi connectivity index (χ0) is 16.6. The maximum Gasteiger partial charge on any atom is 0.416 e. The van der Waals surface area contributed by atoms with Crippen molar-refractivity contribution in [3.05, 3.63) is 51.5 Å². The van der Waals surface area contributed by atoms with E-state index in [2.05, 4.69) is 10.3 Å². The SMILES string of the molecule is Cc1csc(C2CNC(=O)N2Cc2ccc(C(F)(F)F)cc2)n1. The molecule has 0 saturated carbocycles. The van der Waals surface area contributed by atoms with Gasteiger partial charge in [0, 0.05) is 24.2 Å². The minimum absolute atomic E-state index is 0.191. The van der Waals surface area contributed by atoms with Crippen LogP contribution in [0.4, 0.5) is 18.0 Å². The van der Waals surface area contributed by atoms with E-state index in [0.29, 0.717) is 12.1 Å². The first kappa shape index (κ1) is 15.8. The molecule has 2 amide bonds. The van der Waals surface area contributed by atoms with E-state index < -0.39 is 11.7 Å². The highest BCUT2D eigenvalue weighted by atomic mass is 32.1. The first-order valence-electron chi connectivity index (χ1n) is 6.97. The van der Waals surface area contributed by atoms with Gasteiger partial charge in [-0.05, 0) is 24.6 Å². The number of alkyl halides is 3. The summed E-state index contributed by atoms with van der Waals surface area (Å²) in [5.74, 6) is 0. The third-order valence-electron chi connectivity index (χ3n) is 3.64. The van der Waals surface area contributed by atoms with Crippen molar-refractivity contribution >= 4 is 17.4 Å². The minimum Gasteiger partial charge on any atom is -0.335 e. The van der Waals surface area contributed by atoms with Crippen molar-refractivity contribution in [2.24, 2.45) is 0 Å². The molecule has 1 fully saturated rings. The van der Waals surface area contributed by atoms with Gasteiger partial charge in [0.1, 0.15) is 11.0 Å². The molecule has 1 unspecified atom stereocenters. The van der Waals surface area contributed by atoms with Crippen molar-refractivity contribution in [2.45, 2.75) is 25.7 Å². The molecule has 23 heavy (non-hydrogen) atoms. The number of aryl methyl sites for hydroxylation is 1. The lowest BCUT2D eigenvalue weighted by Gasteiger charge is -2.21. The quantitative estimate of drug-likeness (QED) is 0.924. The molecule has 1 aromatic carbocycles. The number of nitrogens with zero attached hydrogens (tertiary/aromatic N) is 2. The molecular weight excluding hydrogens is 327 g/mol. The van der Waals surface area contributed by atoms with E-state index in [9.17, 15) is 18.0 Å². The molecule has 2 aromatic rings. The van der Waals surface area contributed by atoms with Gasteiger partial charge in [0.15, 0.2) is 0 Å². The van der Waals surface area contributed by atoms with Crippen LogP contribution in [-0.2, 0) is 12.7 Å². The van der Waals surface area contributed by atoms with Gasteiger partial charge in [-0.2, -0.15) is 13.2 Å². The summed E-state index contributed by atoms with van der Waals surface area (Å²) in [6.07, 6.45) is -4.36. The number of carbonyl (C=O) groups is 1. The Kier molecular flexibility index (Phi) is 4.01. The molecule has 1 N–H and O–H groups in total. The highest BCUT2D eigenvalue weighted by Crippen LogP contribution is 2.31. The third kappa shape index (κ3) is 3.31. The highest BCUT2D eigenvalue weighted by molar-refractivity contribution is 7.09. The molecule has 8 heteroatoms. The van der Waals surface area contributed by atoms with Crippen LogP contribution >= 0.6 is 11.3 Å². The molecule has 3 rings (SSSR count). The molecule has 2 heterocycles. The number of thiazole rings is 1. The van der Waals surface area contributed by atoms with Crippen molar-refractivity contribution in [3.63, 3.8) is 0 Å². The minimum atomic E-state index is -4.36. The molecule has 1 aliphatic heterocycles. The molecule has 1 aromatic heterocycles. The van der Waals surface area contributed by atoms with Crippen LogP contribution in [-0.4, -0.2) is 22.5 Å². The number of halogens is 3. The number of hydrogen-bond donors (Lipinski definition) is 1. The Morgan fingerprint density at radius 2 is 2.04 bits per heavy atom. The summed E-state index contributed by atoms with van der Waals surface area (Å²) >= 11 is 1.48. The monoisotopic (exact) mass is 341 g/mol. The molecular formula is C15H14F3N3OS. The second-order valence-corrected chi connectivity index (χ2v) is 6.24. The summed E-state index contributed by atoms with van der Waals surface area (Å²) in [6.45, 7) is 2.57. The molecule has 0 radical (unpaired) electrons. The Labute approximate surface area is 135 Å². The number of amides is 2. The second-order valence-electron chi connectivity index (χ2n) is 5.35. The molecule has 1 saturated heterocycles. The van der Waals surface area contributed by atoms with Crippen molar-refractivity contribution in [1.29, 1.82) is 0 Å². The van der Waals surface area contributed by atoms with Gasteiger partial charge >= 0.3 is 12.2 Å². The average molecular weight is 341 g/mol. The number of hydrogen-bond acceptors (Lipinski definition) is 3. The van der Waals surface area contributed by atoms with Crippen LogP contribution < -0.4 is 5.32 Å². The van der Waals surface area contributed by atoms with Crippen LogP contribution in [0.1, 0.15) is 27.9 Å². The molecule has 122 valence electrons. The summed E-state index contributed by atoms with van der Waals surface area (Å²) in [4.78, 5) is 18.0. The number of rotatable bonds is 3. The Balaban J connectivity index is 1.78. The fourth-order valence-electron chi connectivity index (χ4n) is 2.46. The molecule has 1 aliphatic rings. The van der Waals surface area contributed by atoms with Gasteiger partial charge < -0.3 is 10.2 Å². The lowest BCUT2D eigenvalue weighted by Crippen LogP contribution is -2.29. The maximum absolute atomic E-state index is 12.6. The first-order chi connectivity index (χ1) is 10.8. The highest BCUT2D eigenvalue weighted by Gasteiger charge is 2.34. The van der Waals surface area contributed by atoms with Crippen LogP contribution in [0.3, 0.4) is 0 Å². The third-order valence-corrected chi connectivity index (χ3v) is 4.70. The lowest BCUT2D eigenvalue weighted by atomic mass is 10.1. The summed E-state index contributed by atoms with van der Waals surface area (Å²) in [6, 6.07) is 4.45. The standard InChI is InChI=1S/C15H14F3N3OS/c1-9-8-23-13(20-9)12-6-19-14(22)21(12)7-10-2-4-11(5-3-10)15(16,17)18/h2-5,8,12H,6-7H2,1H3,(H,19,22). The van der Waals surface area contributed by atoms with Crippen molar-refractivity contribution in [1.82, 2.24) is 15.2 Å². The summed E-state index contributed by atoms with van der Waals surface area (Å²) < 4.78 is 37.8. The normalized spacial score (nSPS) is 18.3. The topological polar surface area (TPSA) is 45.2 Å². The summed E-state index contributed by atoms with van der Waals surface area (Å²) in [7, 11) is 0. The number of nitrogens with one attached hydrogen (secondary N) is 1. The Morgan fingerprint density at radius 3 is 2.61 bits per heavy atom. The van der Waals surface area contributed by atoms with Gasteiger partial charge in [0.25, 0.3) is 0 Å². The van der Waals surface area contributed by atoms with Gasteiger partial charge in [0.2, 0.25) is 0 Å². The van der Waals surface area contributed by atoms with Crippen LogP contribution in [0.2, 0.25) is 0 Å². The van der Waals surface area contributed by atoms with Crippen LogP contribution in [0.15, 0.2) is 29.6 Å². The summed E-state index contributed by atoms with van der Waals surface area (Å²) in [5.41, 5.74) is 0.839. The van der Waals surface area contributed by atoms with E-state index in [0.717, 1.165) is 22.8 Å². The maximum atomic E-state index is 12.6. The van der Waals surface area contributed by atoms with Gasteiger partial charge in [-0.15, -0.1) is 11.3 Å². The largest absolute Gasteiger partial charge is 0.416 e. The number of carbonyl (C=O) groups excluding carboxylic acids is 1. The predicted octanol–water partition coefficient (Wildman–Crippen LogP) is 3.74. The van der Waals surface area contributed by atoms with E-state index in [4.69, 9.17) is 0 Å². The molecule has 1 atom stereocenters. The van der Waals surface area contributed by atoms with E-state index in [1.54, 1.807) is 4.90 Å². The first-order valence-corrected chi connectivity index (χ1v) is 7.85. The molecule has 0 aliphatic carbocycles. The fraction of sp³-hybridized carbons (Fsp3) is 0.333. The second kappa shape index (κ2) is 5.84. The van der Waals surface area contributed by atoms with Crippen LogP contribution in [0.25, 0.3) is 0 Å². The van der Waals surface area contributed by atoms with Gasteiger partial charge in [-0.25, -0.2) is 9.78 Å². The number of aromatic nitrogens is 1. The summed E-state index contributed by atoms with van der Waals surface area (Å²) in [5, 5.41) is 5.49. The predicted molar refractivity (Wildman–Crippen MR) is 80.0 cm³/mol. The molecule has 0 spiro atoms.